The third-order valence-corrected chi connectivity index (χ3v) is 4.69. The van der Waals surface area contributed by atoms with Crippen molar-refractivity contribution in [3.63, 3.8) is 0 Å². The summed E-state index contributed by atoms with van der Waals surface area (Å²) in [6, 6.07) is 14.3. The first kappa shape index (κ1) is 17.6. The maximum atomic E-state index is 12.6. The molecule has 25 heavy (non-hydrogen) atoms. The van der Waals surface area contributed by atoms with Crippen LogP contribution in [0.4, 0.5) is 0 Å². The number of carbonyl (C=O) groups excluding carboxylic acids is 1. The Hall–Kier alpha value is -2.17. The second kappa shape index (κ2) is 8.28. The van der Waals surface area contributed by atoms with Crippen molar-refractivity contribution >= 4 is 5.91 Å². The molecule has 4 nitrogen and oxygen atoms in total. The SMILES string of the molecule is Cc1ccc(C)c(C(=O)NCc2ccccc2CN2CCOCC2)c1. The van der Waals surface area contributed by atoms with E-state index in [9.17, 15) is 4.79 Å². The van der Waals surface area contributed by atoms with Crippen molar-refractivity contribution in [3.8, 4) is 0 Å². The van der Waals surface area contributed by atoms with E-state index in [-0.39, 0.29) is 5.91 Å². The van der Waals surface area contributed by atoms with E-state index in [1.165, 1.54) is 11.1 Å². The number of rotatable bonds is 5. The van der Waals surface area contributed by atoms with E-state index in [0.717, 1.165) is 49.5 Å². The van der Waals surface area contributed by atoms with Gasteiger partial charge in [-0.25, -0.2) is 0 Å². The Kier molecular flexibility index (Phi) is 5.84. The summed E-state index contributed by atoms with van der Waals surface area (Å²) in [6.45, 7) is 8.95. The Morgan fingerprint density at radius 3 is 2.56 bits per heavy atom. The second-order valence-corrected chi connectivity index (χ2v) is 6.66. The number of benzene rings is 2. The van der Waals surface area contributed by atoms with Crippen LogP contribution in [-0.4, -0.2) is 37.1 Å². The van der Waals surface area contributed by atoms with E-state index in [2.05, 4.69) is 28.4 Å². The highest BCUT2D eigenvalue weighted by atomic mass is 16.5. The summed E-state index contributed by atoms with van der Waals surface area (Å²) >= 11 is 0. The van der Waals surface area contributed by atoms with Crippen LogP contribution in [0, 0.1) is 13.8 Å². The van der Waals surface area contributed by atoms with Gasteiger partial charge < -0.3 is 10.1 Å². The average molecular weight is 338 g/mol. The number of nitrogens with zero attached hydrogens (tertiary/aromatic N) is 1. The van der Waals surface area contributed by atoms with Gasteiger partial charge in [0.1, 0.15) is 0 Å². The van der Waals surface area contributed by atoms with E-state index in [1.807, 2.05) is 38.1 Å². The lowest BCUT2D eigenvalue weighted by atomic mass is 10.0. The summed E-state index contributed by atoms with van der Waals surface area (Å²) in [5.74, 6) is -0.0117. The molecule has 0 aromatic heterocycles. The molecule has 2 aromatic rings. The first-order chi connectivity index (χ1) is 12.1. The summed E-state index contributed by atoms with van der Waals surface area (Å²) in [4.78, 5) is 15.0. The van der Waals surface area contributed by atoms with Crippen LogP contribution in [-0.2, 0) is 17.8 Å². The van der Waals surface area contributed by atoms with Gasteiger partial charge in [0, 0.05) is 31.7 Å². The summed E-state index contributed by atoms with van der Waals surface area (Å²) in [5, 5.41) is 3.08. The van der Waals surface area contributed by atoms with Crippen molar-refractivity contribution in [3.05, 3.63) is 70.3 Å². The van der Waals surface area contributed by atoms with E-state index in [1.54, 1.807) is 0 Å². The van der Waals surface area contributed by atoms with Crippen molar-refractivity contribution in [1.29, 1.82) is 0 Å². The van der Waals surface area contributed by atoms with Crippen molar-refractivity contribution in [1.82, 2.24) is 10.2 Å². The Balaban J connectivity index is 1.66. The van der Waals surface area contributed by atoms with Crippen LogP contribution in [0.25, 0.3) is 0 Å². The molecule has 1 heterocycles. The minimum atomic E-state index is -0.0117. The van der Waals surface area contributed by atoms with Crippen LogP contribution in [0.5, 0.6) is 0 Å². The molecular formula is C21H26N2O2. The van der Waals surface area contributed by atoms with Crippen molar-refractivity contribution in [2.24, 2.45) is 0 Å². The molecule has 1 aliphatic rings. The number of aryl methyl sites for hydroxylation is 2. The Bertz CT molecular complexity index is 736. The topological polar surface area (TPSA) is 41.6 Å². The molecule has 0 saturated carbocycles. The molecule has 1 N–H and O–H groups in total. The Morgan fingerprint density at radius 2 is 1.80 bits per heavy atom. The molecule has 0 bridgehead atoms. The number of morpholine rings is 1. The Labute approximate surface area is 149 Å². The molecule has 0 radical (unpaired) electrons. The molecule has 0 atom stereocenters. The molecule has 132 valence electrons. The smallest absolute Gasteiger partial charge is 0.251 e. The number of amides is 1. The van der Waals surface area contributed by atoms with Gasteiger partial charge in [-0.15, -0.1) is 0 Å². The quantitative estimate of drug-likeness (QED) is 0.911. The van der Waals surface area contributed by atoms with Crippen molar-refractivity contribution in [2.45, 2.75) is 26.9 Å². The largest absolute Gasteiger partial charge is 0.379 e. The summed E-state index contributed by atoms with van der Waals surface area (Å²) < 4.78 is 5.42. The van der Waals surface area contributed by atoms with E-state index in [4.69, 9.17) is 4.74 Å². The number of carbonyl (C=O) groups is 1. The van der Waals surface area contributed by atoms with Gasteiger partial charge in [-0.1, -0.05) is 42.0 Å². The van der Waals surface area contributed by atoms with Gasteiger partial charge in [-0.3, -0.25) is 9.69 Å². The Morgan fingerprint density at radius 1 is 1.08 bits per heavy atom. The number of nitrogens with one attached hydrogen (secondary N) is 1. The highest BCUT2D eigenvalue weighted by molar-refractivity contribution is 5.95. The van der Waals surface area contributed by atoms with Gasteiger partial charge in [-0.05, 0) is 36.6 Å². The molecule has 4 heteroatoms. The lowest BCUT2D eigenvalue weighted by molar-refractivity contribution is 0.0340. The van der Waals surface area contributed by atoms with E-state index >= 15 is 0 Å². The molecule has 1 amide bonds. The van der Waals surface area contributed by atoms with Gasteiger partial charge in [0.2, 0.25) is 0 Å². The van der Waals surface area contributed by atoms with E-state index < -0.39 is 0 Å². The molecule has 3 rings (SSSR count). The van der Waals surface area contributed by atoms with Crippen LogP contribution in [0.15, 0.2) is 42.5 Å². The van der Waals surface area contributed by atoms with Gasteiger partial charge in [0.25, 0.3) is 5.91 Å². The van der Waals surface area contributed by atoms with Gasteiger partial charge in [0.15, 0.2) is 0 Å². The fourth-order valence-electron chi connectivity index (χ4n) is 3.14. The molecule has 0 unspecified atom stereocenters. The fraction of sp³-hybridized carbons (Fsp3) is 0.381. The van der Waals surface area contributed by atoms with Crippen LogP contribution in [0.1, 0.15) is 32.6 Å². The second-order valence-electron chi connectivity index (χ2n) is 6.66. The average Bonchev–Trinajstić information content (AvgIpc) is 2.63. The molecule has 2 aromatic carbocycles. The minimum Gasteiger partial charge on any atom is -0.379 e. The molecule has 1 fully saturated rings. The van der Waals surface area contributed by atoms with Gasteiger partial charge in [0.05, 0.1) is 13.2 Å². The van der Waals surface area contributed by atoms with Crippen molar-refractivity contribution in [2.75, 3.05) is 26.3 Å². The number of hydrogen-bond donors (Lipinski definition) is 1. The molecular weight excluding hydrogens is 312 g/mol. The summed E-state index contributed by atoms with van der Waals surface area (Å²) in [7, 11) is 0. The van der Waals surface area contributed by atoms with Crippen LogP contribution in [0.2, 0.25) is 0 Å². The maximum Gasteiger partial charge on any atom is 0.251 e. The lowest BCUT2D eigenvalue weighted by Gasteiger charge is -2.27. The van der Waals surface area contributed by atoms with Crippen molar-refractivity contribution < 1.29 is 9.53 Å². The highest BCUT2D eigenvalue weighted by Crippen LogP contribution is 2.14. The van der Waals surface area contributed by atoms with Crippen LogP contribution >= 0.6 is 0 Å². The standard InChI is InChI=1S/C21H26N2O2/c1-16-7-8-17(2)20(13-16)21(24)22-14-18-5-3-4-6-19(18)15-23-9-11-25-12-10-23/h3-8,13H,9-12,14-15H2,1-2H3,(H,22,24). The van der Waals surface area contributed by atoms with Gasteiger partial charge >= 0.3 is 0 Å². The zero-order chi connectivity index (χ0) is 17.6. The maximum absolute atomic E-state index is 12.6. The molecule has 1 saturated heterocycles. The third kappa shape index (κ3) is 4.68. The number of hydrogen-bond acceptors (Lipinski definition) is 3. The monoisotopic (exact) mass is 338 g/mol. The lowest BCUT2D eigenvalue weighted by Crippen LogP contribution is -2.36. The summed E-state index contributed by atoms with van der Waals surface area (Å²) in [6.07, 6.45) is 0. The predicted octanol–water partition coefficient (Wildman–Crippen LogP) is 3.07. The van der Waals surface area contributed by atoms with Crippen LogP contribution < -0.4 is 5.32 Å². The zero-order valence-electron chi connectivity index (χ0n) is 15.0. The molecule has 1 aliphatic heterocycles. The van der Waals surface area contributed by atoms with Gasteiger partial charge in [-0.2, -0.15) is 0 Å². The highest BCUT2D eigenvalue weighted by Gasteiger charge is 2.14. The fourth-order valence-corrected chi connectivity index (χ4v) is 3.14. The normalized spacial score (nSPS) is 15.1. The first-order valence-electron chi connectivity index (χ1n) is 8.86. The molecule has 0 aliphatic carbocycles. The third-order valence-electron chi connectivity index (χ3n) is 4.69. The minimum absolute atomic E-state index is 0.0117. The zero-order valence-corrected chi connectivity index (χ0v) is 15.0. The number of ether oxygens (including phenoxy) is 1. The predicted molar refractivity (Wildman–Crippen MR) is 99.6 cm³/mol. The first-order valence-corrected chi connectivity index (χ1v) is 8.86. The molecule has 0 spiro atoms. The van der Waals surface area contributed by atoms with E-state index in [0.29, 0.717) is 6.54 Å². The summed E-state index contributed by atoms with van der Waals surface area (Å²) in [5.41, 5.74) is 5.30. The van der Waals surface area contributed by atoms with Crippen LogP contribution in [0.3, 0.4) is 0 Å².